The van der Waals surface area contributed by atoms with Crippen LogP contribution in [0.15, 0.2) is 0 Å². The van der Waals surface area contributed by atoms with E-state index in [-0.39, 0.29) is 30.4 Å². The van der Waals surface area contributed by atoms with Gasteiger partial charge in [0.2, 0.25) is 5.91 Å². The van der Waals surface area contributed by atoms with Crippen molar-refractivity contribution in [2.75, 3.05) is 39.3 Å². The average Bonchev–Trinajstić information content (AvgIpc) is 2.39. The first-order chi connectivity index (χ1) is 9.01. The molecule has 1 amide bonds. The smallest absolute Gasteiger partial charge is 0.242 e. The number of hydrogen-bond donors (Lipinski definition) is 1. The Morgan fingerprint density at radius 3 is 2.24 bits per heavy atom. The largest absolute Gasteiger partial charge is 0.339 e. The SMILES string of the molecule is CC(C)CN1CCN(C(=O)C2(C)CCCCN2)CC1.Cl.Cl. The molecule has 4 nitrogen and oxygen atoms in total. The van der Waals surface area contributed by atoms with Crippen LogP contribution in [-0.4, -0.2) is 60.5 Å². The molecule has 2 aliphatic rings. The number of amides is 1. The van der Waals surface area contributed by atoms with Crippen molar-refractivity contribution < 1.29 is 4.79 Å². The van der Waals surface area contributed by atoms with Crippen molar-refractivity contribution in [3.05, 3.63) is 0 Å². The van der Waals surface area contributed by atoms with E-state index in [2.05, 4.69) is 35.9 Å². The molecule has 0 bridgehead atoms. The Bertz CT molecular complexity index is 312. The molecule has 1 N–H and O–H groups in total. The highest BCUT2D eigenvalue weighted by Crippen LogP contribution is 2.22. The van der Waals surface area contributed by atoms with Gasteiger partial charge in [-0.15, -0.1) is 24.8 Å². The van der Waals surface area contributed by atoms with Crippen molar-refractivity contribution in [2.45, 2.75) is 45.6 Å². The summed E-state index contributed by atoms with van der Waals surface area (Å²) < 4.78 is 0. The Morgan fingerprint density at radius 1 is 1.14 bits per heavy atom. The normalized spacial score (nSPS) is 27.0. The molecule has 21 heavy (non-hydrogen) atoms. The molecule has 1 unspecified atom stereocenters. The van der Waals surface area contributed by atoms with Crippen molar-refractivity contribution in [1.29, 1.82) is 0 Å². The lowest BCUT2D eigenvalue weighted by molar-refractivity contribution is -0.140. The first-order valence-corrected chi connectivity index (χ1v) is 7.78. The molecule has 6 heteroatoms. The third-order valence-electron chi connectivity index (χ3n) is 4.37. The number of carbonyl (C=O) groups is 1. The van der Waals surface area contributed by atoms with Crippen LogP contribution in [0.2, 0.25) is 0 Å². The van der Waals surface area contributed by atoms with Crippen LogP contribution in [0.3, 0.4) is 0 Å². The van der Waals surface area contributed by atoms with Gasteiger partial charge in [-0.25, -0.2) is 0 Å². The lowest BCUT2D eigenvalue weighted by atomic mass is 9.89. The van der Waals surface area contributed by atoms with Gasteiger partial charge in [0.1, 0.15) is 0 Å². The van der Waals surface area contributed by atoms with Gasteiger partial charge in [0.25, 0.3) is 0 Å². The fourth-order valence-corrected chi connectivity index (χ4v) is 3.24. The summed E-state index contributed by atoms with van der Waals surface area (Å²) in [6.07, 6.45) is 3.35. The summed E-state index contributed by atoms with van der Waals surface area (Å²) in [6.45, 7) is 12.6. The zero-order valence-electron chi connectivity index (χ0n) is 13.6. The Morgan fingerprint density at radius 2 is 1.76 bits per heavy atom. The van der Waals surface area contributed by atoms with Gasteiger partial charge >= 0.3 is 0 Å². The molecule has 0 aromatic carbocycles. The molecular weight excluding hydrogens is 309 g/mol. The molecular formula is C15H31Cl2N3O. The van der Waals surface area contributed by atoms with Gasteiger partial charge in [-0.2, -0.15) is 0 Å². The Hall–Kier alpha value is -0.0300. The Balaban J connectivity index is 0.00000200. The topological polar surface area (TPSA) is 35.6 Å². The molecule has 126 valence electrons. The van der Waals surface area contributed by atoms with E-state index < -0.39 is 0 Å². The van der Waals surface area contributed by atoms with Crippen molar-refractivity contribution in [3.8, 4) is 0 Å². The number of nitrogens with one attached hydrogen (secondary N) is 1. The van der Waals surface area contributed by atoms with Crippen LogP contribution in [-0.2, 0) is 4.79 Å². The number of carbonyl (C=O) groups excluding carboxylic acids is 1. The maximum atomic E-state index is 12.6. The standard InChI is InChI=1S/C15H29N3O.2ClH/c1-13(2)12-17-8-10-18(11-9-17)14(19)15(3)6-4-5-7-16-15;;/h13,16H,4-12H2,1-3H3;2*1H. The summed E-state index contributed by atoms with van der Waals surface area (Å²) in [5.41, 5.74) is -0.307. The number of nitrogens with zero attached hydrogens (tertiary/aromatic N) is 2. The quantitative estimate of drug-likeness (QED) is 0.855. The van der Waals surface area contributed by atoms with Gasteiger partial charge in [-0.1, -0.05) is 13.8 Å². The van der Waals surface area contributed by atoms with E-state index in [1.807, 2.05) is 0 Å². The first kappa shape index (κ1) is 21.0. The molecule has 2 heterocycles. The third-order valence-corrected chi connectivity index (χ3v) is 4.37. The number of halogens is 2. The van der Waals surface area contributed by atoms with Crippen molar-refractivity contribution in [1.82, 2.24) is 15.1 Å². The summed E-state index contributed by atoms with van der Waals surface area (Å²) in [7, 11) is 0. The molecule has 0 aromatic heterocycles. The molecule has 0 spiro atoms. The van der Waals surface area contributed by atoms with Crippen LogP contribution < -0.4 is 5.32 Å². The molecule has 0 aliphatic carbocycles. The van der Waals surface area contributed by atoms with Crippen LogP contribution in [0, 0.1) is 5.92 Å². The fourth-order valence-electron chi connectivity index (χ4n) is 3.24. The predicted molar refractivity (Wildman–Crippen MR) is 92.6 cm³/mol. The second kappa shape index (κ2) is 9.19. The Labute approximate surface area is 141 Å². The molecule has 0 radical (unpaired) electrons. The minimum Gasteiger partial charge on any atom is -0.339 e. The second-order valence-corrected chi connectivity index (χ2v) is 6.70. The summed E-state index contributed by atoms with van der Waals surface area (Å²) in [6, 6.07) is 0. The van der Waals surface area contributed by atoms with Gasteiger partial charge < -0.3 is 10.2 Å². The molecule has 0 saturated carbocycles. The van der Waals surface area contributed by atoms with Crippen LogP contribution in [0.5, 0.6) is 0 Å². The van der Waals surface area contributed by atoms with E-state index >= 15 is 0 Å². The minimum absolute atomic E-state index is 0. The summed E-state index contributed by atoms with van der Waals surface area (Å²) in [5, 5.41) is 3.43. The molecule has 0 aromatic rings. The fraction of sp³-hybridized carbons (Fsp3) is 0.933. The summed E-state index contributed by atoms with van der Waals surface area (Å²) in [4.78, 5) is 17.2. The monoisotopic (exact) mass is 339 g/mol. The molecule has 2 fully saturated rings. The van der Waals surface area contributed by atoms with E-state index in [9.17, 15) is 4.79 Å². The van der Waals surface area contributed by atoms with Gasteiger partial charge in [0, 0.05) is 32.7 Å². The number of rotatable bonds is 3. The van der Waals surface area contributed by atoms with Gasteiger partial charge in [-0.3, -0.25) is 9.69 Å². The van der Waals surface area contributed by atoms with Crippen LogP contribution >= 0.6 is 24.8 Å². The second-order valence-electron chi connectivity index (χ2n) is 6.70. The zero-order valence-corrected chi connectivity index (χ0v) is 15.2. The van der Waals surface area contributed by atoms with Crippen LogP contribution in [0.1, 0.15) is 40.0 Å². The Kier molecular flexibility index (Phi) is 9.17. The van der Waals surface area contributed by atoms with Crippen LogP contribution in [0.25, 0.3) is 0 Å². The molecule has 1 atom stereocenters. The van der Waals surface area contributed by atoms with E-state index in [0.717, 1.165) is 45.7 Å². The molecule has 2 aliphatic heterocycles. The lowest BCUT2D eigenvalue weighted by Gasteiger charge is -2.42. The van der Waals surface area contributed by atoms with Crippen molar-refractivity contribution in [2.24, 2.45) is 5.92 Å². The van der Waals surface area contributed by atoms with Crippen molar-refractivity contribution >= 4 is 30.7 Å². The third kappa shape index (κ3) is 5.59. The summed E-state index contributed by atoms with van der Waals surface area (Å²) in [5.74, 6) is 1.02. The highest BCUT2D eigenvalue weighted by Gasteiger charge is 2.38. The van der Waals surface area contributed by atoms with Crippen LogP contribution in [0.4, 0.5) is 0 Å². The maximum absolute atomic E-state index is 12.6. The van der Waals surface area contributed by atoms with E-state index in [0.29, 0.717) is 11.8 Å². The predicted octanol–water partition coefficient (Wildman–Crippen LogP) is 2.16. The highest BCUT2D eigenvalue weighted by molar-refractivity contribution is 5.86. The summed E-state index contributed by atoms with van der Waals surface area (Å²) >= 11 is 0. The number of piperazine rings is 1. The first-order valence-electron chi connectivity index (χ1n) is 7.78. The maximum Gasteiger partial charge on any atom is 0.242 e. The van der Waals surface area contributed by atoms with Gasteiger partial charge in [0.05, 0.1) is 5.54 Å². The molecule has 2 saturated heterocycles. The minimum atomic E-state index is -0.307. The van der Waals surface area contributed by atoms with E-state index in [1.165, 1.54) is 12.8 Å². The van der Waals surface area contributed by atoms with E-state index in [1.54, 1.807) is 0 Å². The highest BCUT2D eigenvalue weighted by atomic mass is 35.5. The van der Waals surface area contributed by atoms with E-state index in [4.69, 9.17) is 0 Å². The number of hydrogen-bond acceptors (Lipinski definition) is 3. The molecule has 2 rings (SSSR count). The van der Waals surface area contributed by atoms with Crippen molar-refractivity contribution in [3.63, 3.8) is 0 Å². The van der Waals surface area contributed by atoms with Gasteiger partial charge in [-0.05, 0) is 38.6 Å². The zero-order chi connectivity index (χ0) is 13.9. The van der Waals surface area contributed by atoms with Gasteiger partial charge in [0.15, 0.2) is 0 Å². The number of piperidine rings is 1. The average molecular weight is 340 g/mol. The lowest BCUT2D eigenvalue weighted by Crippen LogP contribution is -2.61.